The second-order valence-corrected chi connectivity index (χ2v) is 7.31. The van der Waals surface area contributed by atoms with Gasteiger partial charge in [0.25, 0.3) is 0 Å². The zero-order valence-corrected chi connectivity index (χ0v) is 13.1. The fourth-order valence-electron chi connectivity index (χ4n) is 2.63. The van der Waals surface area contributed by atoms with E-state index in [1.54, 1.807) is 0 Å². The smallest absolute Gasteiger partial charge is 0.157 e. The lowest BCUT2D eigenvalue weighted by atomic mass is 9.76. The van der Waals surface area contributed by atoms with E-state index >= 15 is 0 Å². The molecule has 1 heterocycles. The van der Waals surface area contributed by atoms with Gasteiger partial charge in [-0.05, 0) is 53.1 Å². The van der Waals surface area contributed by atoms with Crippen molar-refractivity contribution in [3.63, 3.8) is 0 Å². The molecule has 1 atom stereocenters. The molecule has 0 radical (unpaired) electrons. The summed E-state index contributed by atoms with van der Waals surface area (Å²) in [6.07, 6.45) is 6.37. The number of rotatable bonds is 4. The van der Waals surface area contributed by atoms with Crippen LogP contribution in [0.1, 0.15) is 46.0 Å². The van der Waals surface area contributed by atoms with Crippen molar-refractivity contribution >= 4 is 16.9 Å². The number of thioether (sulfide) groups is 1. The van der Waals surface area contributed by atoms with Gasteiger partial charge in [0.2, 0.25) is 0 Å². The Labute approximate surface area is 116 Å². The molecule has 4 heteroatoms. The van der Waals surface area contributed by atoms with Gasteiger partial charge in [0.1, 0.15) is 0 Å². The standard InChI is InChI=1S/C14H27N3S/c1-5-13(2)9-10-18-12(16-13)15-11-14(17(3)4)7-6-8-14/h5-11H2,1-4H3,(H,15,16). The van der Waals surface area contributed by atoms with Crippen molar-refractivity contribution in [3.05, 3.63) is 0 Å². The Morgan fingerprint density at radius 3 is 2.56 bits per heavy atom. The van der Waals surface area contributed by atoms with Crippen molar-refractivity contribution in [2.24, 2.45) is 4.99 Å². The average molecular weight is 269 g/mol. The van der Waals surface area contributed by atoms with Crippen LogP contribution in [0.15, 0.2) is 4.99 Å². The van der Waals surface area contributed by atoms with Crippen molar-refractivity contribution in [2.75, 3.05) is 26.4 Å². The minimum atomic E-state index is 0.259. The number of aliphatic imine (C=N–C) groups is 1. The molecule has 2 fully saturated rings. The van der Waals surface area contributed by atoms with Gasteiger partial charge in [-0.15, -0.1) is 0 Å². The van der Waals surface area contributed by atoms with Crippen LogP contribution < -0.4 is 5.32 Å². The quantitative estimate of drug-likeness (QED) is 0.850. The molecule has 0 aromatic carbocycles. The minimum Gasteiger partial charge on any atom is -0.360 e. The van der Waals surface area contributed by atoms with E-state index in [1.165, 1.54) is 43.0 Å². The molecule has 0 bridgehead atoms. The molecule has 18 heavy (non-hydrogen) atoms. The molecular weight excluding hydrogens is 242 g/mol. The van der Waals surface area contributed by atoms with Crippen LogP contribution >= 0.6 is 11.8 Å². The number of nitrogens with zero attached hydrogens (tertiary/aromatic N) is 2. The first kappa shape index (κ1) is 14.2. The Hall–Kier alpha value is -0.220. The van der Waals surface area contributed by atoms with Gasteiger partial charge in [0.15, 0.2) is 5.17 Å². The molecule has 2 aliphatic rings. The Morgan fingerprint density at radius 2 is 2.06 bits per heavy atom. The van der Waals surface area contributed by atoms with Crippen molar-refractivity contribution in [1.29, 1.82) is 0 Å². The number of likely N-dealkylation sites (N-methyl/N-ethyl adjacent to an activating group) is 1. The number of nitrogens with one attached hydrogen (secondary N) is 1. The molecule has 1 saturated heterocycles. The first-order valence-electron chi connectivity index (χ1n) is 7.13. The van der Waals surface area contributed by atoms with Gasteiger partial charge in [-0.2, -0.15) is 0 Å². The molecule has 104 valence electrons. The van der Waals surface area contributed by atoms with E-state index in [0.29, 0.717) is 5.54 Å². The maximum absolute atomic E-state index is 4.87. The average Bonchev–Trinajstić information content (AvgIpc) is 2.27. The summed E-state index contributed by atoms with van der Waals surface area (Å²) < 4.78 is 0. The molecule has 1 unspecified atom stereocenters. The number of amidine groups is 1. The number of hydrogen-bond acceptors (Lipinski definition) is 3. The molecule has 0 spiro atoms. The summed E-state index contributed by atoms with van der Waals surface area (Å²) in [5, 5.41) is 4.80. The Morgan fingerprint density at radius 1 is 1.33 bits per heavy atom. The molecular formula is C14H27N3S. The van der Waals surface area contributed by atoms with E-state index in [1.807, 2.05) is 11.8 Å². The highest BCUT2D eigenvalue weighted by Crippen LogP contribution is 2.36. The van der Waals surface area contributed by atoms with E-state index < -0.39 is 0 Å². The van der Waals surface area contributed by atoms with E-state index in [-0.39, 0.29) is 5.54 Å². The molecule has 1 saturated carbocycles. The molecule has 0 aromatic rings. The predicted octanol–water partition coefficient (Wildman–Crippen LogP) is 2.72. The van der Waals surface area contributed by atoms with Crippen LogP contribution in [0, 0.1) is 0 Å². The monoisotopic (exact) mass is 269 g/mol. The first-order valence-corrected chi connectivity index (χ1v) is 8.11. The Balaban J connectivity index is 1.97. The summed E-state index contributed by atoms with van der Waals surface area (Å²) in [5.74, 6) is 1.20. The van der Waals surface area contributed by atoms with E-state index in [0.717, 1.165) is 6.54 Å². The summed E-state index contributed by atoms with van der Waals surface area (Å²) >= 11 is 1.89. The van der Waals surface area contributed by atoms with Gasteiger partial charge < -0.3 is 10.2 Å². The summed E-state index contributed by atoms with van der Waals surface area (Å²) in [4.78, 5) is 7.24. The zero-order valence-electron chi connectivity index (χ0n) is 12.3. The highest BCUT2D eigenvalue weighted by molar-refractivity contribution is 8.13. The zero-order chi connectivity index (χ0) is 13.2. The molecule has 1 aliphatic carbocycles. The SMILES string of the molecule is CCC1(C)CCSC(=NCC2(N(C)C)CCC2)N1. The summed E-state index contributed by atoms with van der Waals surface area (Å²) in [7, 11) is 4.38. The van der Waals surface area contributed by atoms with Crippen LogP contribution in [-0.4, -0.2) is 47.5 Å². The van der Waals surface area contributed by atoms with Crippen LogP contribution in [-0.2, 0) is 0 Å². The molecule has 0 amide bonds. The van der Waals surface area contributed by atoms with Crippen LogP contribution in [0.5, 0.6) is 0 Å². The highest BCUT2D eigenvalue weighted by atomic mass is 32.2. The first-order chi connectivity index (χ1) is 8.50. The third-order valence-electron chi connectivity index (χ3n) is 4.83. The lowest BCUT2D eigenvalue weighted by molar-refractivity contribution is 0.0700. The maximum atomic E-state index is 4.87. The molecule has 1 N–H and O–H groups in total. The van der Waals surface area contributed by atoms with Gasteiger partial charge in [-0.3, -0.25) is 4.99 Å². The van der Waals surface area contributed by atoms with Crippen molar-refractivity contribution < 1.29 is 0 Å². The minimum absolute atomic E-state index is 0.259. The Kier molecular flexibility index (Phi) is 4.27. The fourth-order valence-corrected chi connectivity index (χ4v) is 3.85. The van der Waals surface area contributed by atoms with Gasteiger partial charge in [-0.25, -0.2) is 0 Å². The van der Waals surface area contributed by atoms with Gasteiger partial charge >= 0.3 is 0 Å². The third-order valence-corrected chi connectivity index (χ3v) is 5.74. The predicted molar refractivity (Wildman–Crippen MR) is 81.5 cm³/mol. The van der Waals surface area contributed by atoms with Crippen LogP contribution in [0.3, 0.4) is 0 Å². The van der Waals surface area contributed by atoms with E-state index in [4.69, 9.17) is 4.99 Å². The molecule has 2 rings (SSSR count). The van der Waals surface area contributed by atoms with Crippen LogP contribution in [0.4, 0.5) is 0 Å². The molecule has 1 aliphatic heterocycles. The third kappa shape index (κ3) is 2.85. The summed E-state index contributed by atoms with van der Waals surface area (Å²) in [6, 6.07) is 0. The van der Waals surface area contributed by atoms with Crippen molar-refractivity contribution in [1.82, 2.24) is 10.2 Å². The molecule has 3 nitrogen and oxygen atoms in total. The maximum Gasteiger partial charge on any atom is 0.157 e. The van der Waals surface area contributed by atoms with E-state index in [9.17, 15) is 0 Å². The van der Waals surface area contributed by atoms with Crippen molar-refractivity contribution in [3.8, 4) is 0 Å². The fraction of sp³-hybridized carbons (Fsp3) is 0.929. The number of hydrogen-bond donors (Lipinski definition) is 1. The molecule has 0 aromatic heterocycles. The Bertz CT molecular complexity index is 323. The van der Waals surface area contributed by atoms with Gasteiger partial charge in [0.05, 0.1) is 6.54 Å². The topological polar surface area (TPSA) is 27.6 Å². The second kappa shape index (κ2) is 5.41. The van der Waals surface area contributed by atoms with Crippen molar-refractivity contribution in [2.45, 2.75) is 57.0 Å². The summed E-state index contributed by atoms with van der Waals surface area (Å²) in [6.45, 7) is 5.52. The van der Waals surface area contributed by atoms with Gasteiger partial charge in [0, 0.05) is 16.8 Å². The van der Waals surface area contributed by atoms with E-state index in [2.05, 4.69) is 38.2 Å². The van der Waals surface area contributed by atoms with Crippen LogP contribution in [0.25, 0.3) is 0 Å². The lowest BCUT2D eigenvalue weighted by Crippen LogP contribution is -2.53. The summed E-state index contributed by atoms with van der Waals surface area (Å²) in [5.41, 5.74) is 0.601. The van der Waals surface area contributed by atoms with Gasteiger partial charge in [-0.1, -0.05) is 18.7 Å². The lowest BCUT2D eigenvalue weighted by Gasteiger charge is -2.46. The normalized spacial score (nSPS) is 33.3. The van der Waals surface area contributed by atoms with Crippen LogP contribution in [0.2, 0.25) is 0 Å². The highest BCUT2D eigenvalue weighted by Gasteiger charge is 2.39. The largest absolute Gasteiger partial charge is 0.360 e. The second-order valence-electron chi connectivity index (χ2n) is 6.23.